The van der Waals surface area contributed by atoms with Gasteiger partial charge >= 0.3 is 6.18 Å². The summed E-state index contributed by atoms with van der Waals surface area (Å²) in [4.78, 5) is 3.99. The van der Waals surface area contributed by atoms with E-state index in [0.29, 0.717) is 17.4 Å². The first kappa shape index (κ1) is 17.5. The number of alkyl halides is 3. The lowest BCUT2D eigenvalue weighted by molar-refractivity contribution is -0.137. The van der Waals surface area contributed by atoms with Crippen molar-refractivity contribution in [2.75, 3.05) is 5.75 Å². The van der Waals surface area contributed by atoms with Crippen LogP contribution in [0.4, 0.5) is 13.2 Å². The molecule has 1 aromatic carbocycles. The molecule has 3 rings (SSSR count). The van der Waals surface area contributed by atoms with E-state index in [9.17, 15) is 21.6 Å². The minimum Gasteiger partial charge on any atom is -0.306 e. The zero-order valence-corrected chi connectivity index (χ0v) is 14.3. The van der Waals surface area contributed by atoms with Gasteiger partial charge in [0, 0.05) is 18.0 Å². The lowest BCUT2D eigenvalue weighted by atomic mass is 10.1. The van der Waals surface area contributed by atoms with Crippen LogP contribution < -0.4 is 0 Å². The van der Waals surface area contributed by atoms with Crippen molar-refractivity contribution >= 4 is 15.5 Å². The first-order chi connectivity index (χ1) is 11.6. The second kappa shape index (κ2) is 5.87. The molecule has 0 amide bonds. The monoisotopic (exact) mass is 368 g/mol. The number of aromatic nitrogens is 2. The molecular weight excluding hydrogens is 353 g/mol. The largest absolute Gasteiger partial charge is 0.416 e. The summed E-state index contributed by atoms with van der Waals surface area (Å²) in [6, 6.07) is 6.34. The Morgan fingerprint density at radius 3 is 2.48 bits per heavy atom. The predicted molar refractivity (Wildman–Crippen MR) is 88.1 cm³/mol. The van der Waals surface area contributed by atoms with E-state index in [1.54, 1.807) is 16.7 Å². The highest BCUT2D eigenvalue weighted by molar-refractivity contribution is 7.91. The smallest absolute Gasteiger partial charge is 0.306 e. The normalized spacial score (nSPS) is 12.7. The fourth-order valence-electron chi connectivity index (χ4n) is 2.56. The van der Waals surface area contributed by atoms with Crippen molar-refractivity contribution in [1.82, 2.24) is 9.38 Å². The topological polar surface area (TPSA) is 51.4 Å². The van der Waals surface area contributed by atoms with Crippen LogP contribution in [0.5, 0.6) is 0 Å². The van der Waals surface area contributed by atoms with Crippen molar-refractivity contribution in [3.8, 4) is 11.3 Å². The molecule has 2 aromatic heterocycles. The zero-order valence-electron chi connectivity index (χ0n) is 13.5. The third-order valence-electron chi connectivity index (χ3n) is 3.90. The summed E-state index contributed by atoms with van der Waals surface area (Å²) in [6.07, 6.45) is -1.20. The minimum atomic E-state index is -4.62. The highest BCUT2D eigenvalue weighted by Crippen LogP contribution is 2.35. The number of rotatable bonds is 3. The van der Waals surface area contributed by atoms with E-state index in [2.05, 4.69) is 4.98 Å². The molecule has 0 aliphatic heterocycles. The highest BCUT2D eigenvalue weighted by atomic mass is 32.2. The Morgan fingerprint density at radius 1 is 1.12 bits per heavy atom. The second-order valence-corrected chi connectivity index (χ2v) is 7.96. The van der Waals surface area contributed by atoms with Gasteiger partial charge in [-0.3, -0.25) is 0 Å². The Labute approximate surface area is 142 Å². The van der Waals surface area contributed by atoms with E-state index >= 15 is 0 Å². The summed E-state index contributed by atoms with van der Waals surface area (Å²) in [5, 5.41) is 0. The van der Waals surface area contributed by atoms with Gasteiger partial charge < -0.3 is 4.40 Å². The average Bonchev–Trinajstić information content (AvgIpc) is 2.96. The van der Waals surface area contributed by atoms with Crippen LogP contribution in [-0.4, -0.2) is 23.6 Å². The number of halogens is 3. The second-order valence-electron chi connectivity index (χ2n) is 5.71. The number of sulfone groups is 1. The Balaban J connectivity index is 2.26. The predicted octanol–water partition coefficient (Wildman–Crippen LogP) is 4.12. The van der Waals surface area contributed by atoms with Crippen LogP contribution in [0.25, 0.3) is 16.9 Å². The lowest BCUT2D eigenvalue weighted by Crippen LogP contribution is -2.10. The van der Waals surface area contributed by atoms with E-state index < -0.39 is 21.6 Å². The molecule has 132 valence electrons. The first-order valence-corrected chi connectivity index (χ1v) is 9.17. The number of hydrogen-bond donors (Lipinski definition) is 0. The van der Waals surface area contributed by atoms with E-state index in [1.807, 2.05) is 19.2 Å². The van der Waals surface area contributed by atoms with Gasteiger partial charge in [-0.05, 0) is 30.7 Å². The number of nitrogens with zero attached hydrogens (tertiary/aromatic N) is 2. The molecule has 25 heavy (non-hydrogen) atoms. The molecule has 0 N–H and O–H groups in total. The average molecular weight is 368 g/mol. The molecule has 0 atom stereocenters. The van der Waals surface area contributed by atoms with Crippen LogP contribution >= 0.6 is 0 Å². The molecule has 0 saturated heterocycles. The summed E-state index contributed by atoms with van der Waals surface area (Å²) >= 11 is 0. The van der Waals surface area contributed by atoms with Gasteiger partial charge in [0.15, 0.2) is 9.84 Å². The summed E-state index contributed by atoms with van der Waals surface area (Å²) in [5.41, 5.74) is 1.04. The van der Waals surface area contributed by atoms with Crippen molar-refractivity contribution in [3.05, 3.63) is 53.9 Å². The van der Waals surface area contributed by atoms with Gasteiger partial charge in [-0.25, -0.2) is 13.4 Å². The molecule has 0 aliphatic rings. The zero-order chi connectivity index (χ0) is 18.4. The van der Waals surface area contributed by atoms with Gasteiger partial charge in [-0.2, -0.15) is 13.2 Å². The van der Waals surface area contributed by atoms with E-state index in [4.69, 9.17) is 0 Å². The maximum Gasteiger partial charge on any atom is 0.416 e. The summed E-state index contributed by atoms with van der Waals surface area (Å²) in [6.45, 7) is 3.29. The van der Waals surface area contributed by atoms with Crippen molar-refractivity contribution in [3.63, 3.8) is 0 Å². The first-order valence-electron chi connectivity index (χ1n) is 7.51. The number of benzene rings is 1. The van der Waals surface area contributed by atoms with Gasteiger partial charge in [-0.1, -0.05) is 19.1 Å². The Hall–Kier alpha value is -2.35. The lowest BCUT2D eigenvalue weighted by Gasteiger charge is -2.12. The number of aryl methyl sites for hydroxylation is 1. The van der Waals surface area contributed by atoms with Crippen molar-refractivity contribution in [2.24, 2.45) is 0 Å². The molecule has 0 unspecified atom stereocenters. The maximum atomic E-state index is 13.0. The van der Waals surface area contributed by atoms with Gasteiger partial charge in [0.1, 0.15) is 5.65 Å². The van der Waals surface area contributed by atoms with Crippen LogP contribution in [0, 0.1) is 6.92 Å². The van der Waals surface area contributed by atoms with Crippen LogP contribution in [0.1, 0.15) is 18.1 Å². The molecule has 0 fully saturated rings. The Kier molecular flexibility index (Phi) is 4.10. The highest BCUT2D eigenvalue weighted by Gasteiger charge is 2.33. The molecule has 8 heteroatoms. The summed E-state index contributed by atoms with van der Waals surface area (Å²) < 4.78 is 65.4. The Morgan fingerprint density at radius 2 is 1.84 bits per heavy atom. The molecule has 4 nitrogen and oxygen atoms in total. The van der Waals surface area contributed by atoms with Gasteiger partial charge in [0.05, 0.1) is 21.9 Å². The van der Waals surface area contributed by atoms with E-state index in [0.717, 1.165) is 11.6 Å². The van der Waals surface area contributed by atoms with Crippen LogP contribution in [0.3, 0.4) is 0 Å². The van der Waals surface area contributed by atoms with Crippen molar-refractivity contribution in [1.29, 1.82) is 0 Å². The molecule has 0 radical (unpaired) electrons. The molecular formula is C17H15F3N2O2S. The molecule has 2 heterocycles. The number of fused-ring (bicyclic) bond motifs is 1. The number of hydrogen-bond acceptors (Lipinski definition) is 3. The fraction of sp³-hybridized carbons (Fsp3) is 0.235. The van der Waals surface area contributed by atoms with Crippen molar-refractivity contribution < 1.29 is 21.6 Å². The molecule has 0 saturated carbocycles. The summed E-state index contributed by atoms with van der Waals surface area (Å²) in [7, 11) is -3.85. The van der Waals surface area contributed by atoms with Gasteiger partial charge in [-0.15, -0.1) is 0 Å². The van der Waals surface area contributed by atoms with E-state index in [-0.39, 0.29) is 16.2 Å². The van der Waals surface area contributed by atoms with Crippen LogP contribution in [0.15, 0.2) is 47.6 Å². The quantitative estimate of drug-likeness (QED) is 0.699. The molecule has 3 aromatic rings. The molecule has 0 spiro atoms. The van der Waals surface area contributed by atoms with Crippen LogP contribution in [0.2, 0.25) is 0 Å². The molecule has 0 aliphatic carbocycles. The number of pyridine rings is 1. The third kappa shape index (κ3) is 3.26. The minimum absolute atomic E-state index is 0.163. The maximum absolute atomic E-state index is 13.0. The molecule has 0 bridgehead atoms. The van der Waals surface area contributed by atoms with Crippen LogP contribution in [-0.2, 0) is 16.0 Å². The fourth-order valence-corrected chi connectivity index (χ4v) is 3.68. The van der Waals surface area contributed by atoms with Crippen molar-refractivity contribution in [2.45, 2.75) is 24.9 Å². The summed E-state index contributed by atoms with van der Waals surface area (Å²) in [5.74, 6) is -0.298. The SMILES string of the molecule is CCS(=O)(=O)c1cc(C(F)(F)F)ccc1-c1cn2cc(C)ccc2n1. The Bertz CT molecular complexity index is 1050. The van der Waals surface area contributed by atoms with E-state index in [1.165, 1.54) is 13.0 Å². The third-order valence-corrected chi connectivity index (χ3v) is 5.67. The van der Waals surface area contributed by atoms with Gasteiger partial charge in [0.2, 0.25) is 0 Å². The standard InChI is InChI=1S/C17H15F3N2O2S/c1-3-25(23,24)15-8-12(17(18,19)20)5-6-13(15)14-10-22-9-11(2)4-7-16(22)21-14/h4-10H,3H2,1-2H3. The number of imidazole rings is 1. The van der Waals surface area contributed by atoms with Gasteiger partial charge in [0.25, 0.3) is 0 Å².